The van der Waals surface area contributed by atoms with E-state index in [2.05, 4.69) is 15.9 Å². The minimum atomic E-state index is 0.948. The van der Waals surface area contributed by atoms with Gasteiger partial charge in [0.2, 0.25) is 0 Å². The SMILES string of the molecule is CSc1cc(Br)c(SC)o1. The average Bonchev–Trinajstić information content (AvgIpc) is 2.30. The molecule has 0 atom stereocenters. The number of thioether (sulfide) groups is 2. The molecule has 0 unspecified atom stereocenters. The van der Waals surface area contributed by atoms with Crippen LogP contribution in [0.25, 0.3) is 0 Å². The Morgan fingerprint density at radius 2 is 2.10 bits per heavy atom. The van der Waals surface area contributed by atoms with Crippen molar-refractivity contribution in [1.29, 1.82) is 0 Å². The maximum atomic E-state index is 5.39. The van der Waals surface area contributed by atoms with Crippen molar-refractivity contribution in [3.05, 3.63) is 10.5 Å². The fourth-order valence-electron chi connectivity index (χ4n) is 0.572. The summed E-state index contributed by atoms with van der Waals surface area (Å²) in [7, 11) is 0. The summed E-state index contributed by atoms with van der Waals surface area (Å²) in [4.78, 5) is 0. The fraction of sp³-hybridized carbons (Fsp3) is 0.333. The van der Waals surface area contributed by atoms with Crippen LogP contribution in [-0.4, -0.2) is 12.5 Å². The topological polar surface area (TPSA) is 13.1 Å². The molecule has 0 radical (unpaired) electrons. The molecule has 0 aliphatic rings. The zero-order chi connectivity index (χ0) is 7.56. The molecule has 0 aliphatic carbocycles. The summed E-state index contributed by atoms with van der Waals surface area (Å²) in [6, 6.07) is 1.98. The van der Waals surface area contributed by atoms with Crippen LogP contribution in [0.3, 0.4) is 0 Å². The summed E-state index contributed by atoms with van der Waals surface area (Å²) in [5, 5.41) is 1.90. The van der Waals surface area contributed by atoms with E-state index in [9.17, 15) is 0 Å². The quantitative estimate of drug-likeness (QED) is 0.733. The first-order valence-corrected chi connectivity index (χ1v) is 5.89. The summed E-state index contributed by atoms with van der Waals surface area (Å²) in [5.41, 5.74) is 0. The van der Waals surface area contributed by atoms with E-state index in [4.69, 9.17) is 4.42 Å². The third-order valence-corrected chi connectivity index (χ3v) is 3.15. The highest BCUT2D eigenvalue weighted by atomic mass is 79.9. The first kappa shape index (κ1) is 8.56. The Labute approximate surface area is 77.1 Å². The molecule has 10 heavy (non-hydrogen) atoms. The van der Waals surface area contributed by atoms with E-state index < -0.39 is 0 Å². The summed E-state index contributed by atoms with van der Waals surface area (Å²) in [6.45, 7) is 0. The van der Waals surface area contributed by atoms with Crippen molar-refractivity contribution >= 4 is 39.5 Å². The predicted octanol–water partition coefficient (Wildman–Crippen LogP) is 3.49. The van der Waals surface area contributed by atoms with Gasteiger partial charge in [-0.2, -0.15) is 0 Å². The number of rotatable bonds is 2. The van der Waals surface area contributed by atoms with Crippen LogP contribution >= 0.6 is 39.5 Å². The van der Waals surface area contributed by atoms with E-state index >= 15 is 0 Å². The Morgan fingerprint density at radius 1 is 1.40 bits per heavy atom. The number of halogens is 1. The van der Waals surface area contributed by atoms with Gasteiger partial charge in [0.1, 0.15) is 0 Å². The molecule has 0 saturated heterocycles. The molecule has 0 aliphatic heterocycles. The third kappa shape index (κ3) is 1.74. The first-order valence-electron chi connectivity index (χ1n) is 2.65. The molecule has 1 nitrogen and oxygen atoms in total. The minimum Gasteiger partial charge on any atom is -0.442 e. The summed E-state index contributed by atoms with van der Waals surface area (Å²) in [6.07, 6.45) is 3.99. The molecule has 0 amide bonds. The van der Waals surface area contributed by atoms with Gasteiger partial charge < -0.3 is 4.42 Å². The smallest absolute Gasteiger partial charge is 0.175 e. The number of hydrogen-bond acceptors (Lipinski definition) is 3. The van der Waals surface area contributed by atoms with Gasteiger partial charge in [-0.05, 0) is 28.4 Å². The Bertz CT molecular complexity index is 222. The van der Waals surface area contributed by atoms with Gasteiger partial charge in [0.05, 0.1) is 4.47 Å². The lowest BCUT2D eigenvalue weighted by molar-refractivity contribution is 0.395. The highest BCUT2D eigenvalue weighted by molar-refractivity contribution is 9.10. The van der Waals surface area contributed by atoms with E-state index in [1.807, 2.05) is 18.6 Å². The number of hydrogen-bond donors (Lipinski definition) is 0. The van der Waals surface area contributed by atoms with Gasteiger partial charge in [-0.3, -0.25) is 0 Å². The van der Waals surface area contributed by atoms with Crippen molar-refractivity contribution in [3.63, 3.8) is 0 Å². The van der Waals surface area contributed by atoms with E-state index in [1.165, 1.54) is 0 Å². The first-order chi connectivity index (χ1) is 4.77. The maximum absolute atomic E-state index is 5.39. The van der Waals surface area contributed by atoms with E-state index in [0.717, 1.165) is 14.7 Å². The molecule has 0 aromatic carbocycles. The van der Waals surface area contributed by atoms with Gasteiger partial charge in [-0.25, -0.2) is 0 Å². The van der Waals surface area contributed by atoms with E-state index in [1.54, 1.807) is 23.5 Å². The normalized spacial score (nSPS) is 10.3. The van der Waals surface area contributed by atoms with Gasteiger partial charge in [-0.1, -0.05) is 23.5 Å². The lowest BCUT2D eigenvalue weighted by atomic mass is 10.7. The van der Waals surface area contributed by atoms with Gasteiger partial charge in [0.15, 0.2) is 10.2 Å². The molecule has 0 N–H and O–H groups in total. The zero-order valence-electron chi connectivity index (χ0n) is 5.68. The molecule has 56 valence electrons. The van der Waals surface area contributed by atoms with Crippen LogP contribution in [0, 0.1) is 0 Å². The van der Waals surface area contributed by atoms with Crippen LogP contribution in [0.4, 0.5) is 0 Å². The molecule has 1 aromatic heterocycles. The molecule has 0 spiro atoms. The van der Waals surface area contributed by atoms with Crippen LogP contribution in [0.15, 0.2) is 25.1 Å². The maximum Gasteiger partial charge on any atom is 0.175 e. The molecule has 1 rings (SSSR count). The fourth-order valence-corrected chi connectivity index (χ4v) is 2.38. The van der Waals surface area contributed by atoms with Crippen molar-refractivity contribution in [2.45, 2.75) is 10.2 Å². The lowest BCUT2D eigenvalue weighted by Crippen LogP contribution is -1.57. The Morgan fingerprint density at radius 3 is 2.40 bits per heavy atom. The summed E-state index contributed by atoms with van der Waals surface area (Å²) in [5.74, 6) is 0. The molecule has 1 aromatic rings. The van der Waals surface area contributed by atoms with Gasteiger partial charge in [0.25, 0.3) is 0 Å². The lowest BCUT2D eigenvalue weighted by Gasteiger charge is -1.87. The monoisotopic (exact) mass is 238 g/mol. The van der Waals surface area contributed by atoms with Crippen LogP contribution in [0.1, 0.15) is 0 Å². The molecular weight excluding hydrogens is 232 g/mol. The molecule has 0 bridgehead atoms. The predicted molar refractivity (Wildman–Crippen MR) is 50.0 cm³/mol. The zero-order valence-corrected chi connectivity index (χ0v) is 8.90. The van der Waals surface area contributed by atoms with Crippen LogP contribution < -0.4 is 0 Å². The Balaban J connectivity index is 2.92. The standard InChI is InChI=1S/C6H7BrOS2/c1-9-5-3-4(7)6(8-5)10-2/h3H,1-2H3. The second-order valence-corrected chi connectivity index (χ2v) is 4.05. The summed E-state index contributed by atoms with van der Waals surface area (Å²) < 4.78 is 6.44. The Hall–Kier alpha value is 0.460. The van der Waals surface area contributed by atoms with Gasteiger partial charge >= 0.3 is 0 Å². The molecule has 1 heterocycles. The highest BCUT2D eigenvalue weighted by Gasteiger charge is 2.05. The van der Waals surface area contributed by atoms with Crippen LogP contribution in [0.5, 0.6) is 0 Å². The van der Waals surface area contributed by atoms with Gasteiger partial charge in [0, 0.05) is 6.07 Å². The van der Waals surface area contributed by atoms with E-state index in [0.29, 0.717) is 0 Å². The number of furan rings is 1. The Kier molecular flexibility index (Phi) is 3.20. The van der Waals surface area contributed by atoms with Crippen LogP contribution in [0.2, 0.25) is 0 Å². The van der Waals surface area contributed by atoms with Crippen molar-refractivity contribution in [2.75, 3.05) is 12.5 Å². The summed E-state index contributed by atoms with van der Waals surface area (Å²) >= 11 is 6.60. The van der Waals surface area contributed by atoms with Crippen molar-refractivity contribution in [1.82, 2.24) is 0 Å². The molecule has 4 heteroatoms. The largest absolute Gasteiger partial charge is 0.442 e. The van der Waals surface area contributed by atoms with E-state index in [-0.39, 0.29) is 0 Å². The molecule has 0 saturated carbocycles. The highest BCUT2D eigenvalue weighted by Crippen LogP contribution is 2.32. The van der Waals surface area contributed by atoms with Gasteiger partial charge in [-0.15, -0.1) is 0 Å². The third-order valence-electron chi connectivity index (χ3n) is 1.02. The van der Waals surface area contributed by atoms with Crippen molar-refractivity contribution in [3.8, 4) is 0 Å². The second kappa shape index (κ2) is 3.74. The van der Waals surface area contributed by atoms with Crippen molar-refractivity contribution < 1.29 is 4.42 Å². The average molecular weight is 239 g/mol. The molecule has 0 fully saturated rings. The second-order valence-electron chi connectivity index (χ2n) is 1.61. The minimum absolute atomic E-state index is 0.948. The molecular formula is C6H7BrOS2. The van der Waals surface area contributed by atoms with Crippen molar-refractivity contribution in [2.24, 2.45) is 0 Å². The van der Waals surface area contributed by atoms with Crippen LogP contribution in [-0.2, 0) is 0 Å².